The molecule has 1 aromatic carbocycles. The third-order valence-electron chi connectivity index (χ3n) is 2.92. The van der Waals surface area contributed by atoms with E-state index in [1.165, 1.54) is 0 Å². The fraction of sp³-hybridized carbons (Fsp3) is 0.214. The highest BCUT2D eigenvalue weighted by Crippen LogP contribution is 2.19. The predicted molar refractivity (Wildman–Crippen MR) is 72.2 cm³/mol. The summed E-state index contributed by atoms with van der Waals surface area (Å²) in [5.74, 6) is -0.0632. The molecule has 0 aliphatic rings. The number of Topliss-reactive ketones (excluding diaryl/α,β-unsaturated/α-hetero) is 1. The number of rotatable bonds is 3. The molecule has 0 saturated carbocycles. The molecule has 0 atom stereocenters. The van der Waals surface area contributed by atoms with E-state index in [2.05, 4.69) is 5.10 Å². The Bertz CT molecular complexity index is 665. The Morgan fingerprint density at radius 3 is 2.47 bits per heavy atom. The molecule has 4 nitrogen and oxygen atoms in total. The van der Waals surface area contributed by atoms with Gasteiger partial charge in [-0.3, -0.25) is 9.48 Å². The summed E-state index contributed by atoms with van der Waals surface area (Å²) in [5, 5.41) is 13.5. The van der Waals surface area contributed by atoms with Crippen molar-refractivity contribution in [3.05, 3.63) is 51.8 Å². The Hall–Kier alpha value is -2.12. The monoisotopic (exact) mass is 273 g/mol. The van der Waals surface area contributed by atoms with Crippen LogP contribution in [0, 0.1) is 25.2 Å². The summed E-state index contributed by atoms with van der Waals surface area (Å²) in [4.78, 5) is 12.1. The zero-order chi connectivity index (χ0) is 14.0. The maximum Gasteiger partial charge on any atom is 0.184 e. The van der Waals surface area contributed by atoms with Gasteiger partial charge in [-0.25, -0.2) is 0 Å². The molecule has 0 spiro atoms. The molecule has 0 aliphatic carbocycles. The molecule has 0 fully saturated rings. The number of nitriles is 1. The Labute approximate surface area is 116 Å². The topological polar surface area (TPSA) is 58.7 Å². The zero-order valence-electron chi connectivity index (χ0n) is 10.6. The van der Waals surface area contributed by atoms with Gasteiger partial charge in [0.1, 0.15) is 6.54 Å². The van der Waals surface area contributed by atoms with Gasteiger partial charge in [0.05, 0.1) is 28.0 Å². The first-order valence-corrected chi connectivity index (χ1v) is 6.13. The van der Waals surface area contributed by atoms with Crippen molar-refractivity contribution in [3.8, 4) is 6.07 Å². The van der Waals surface area contributed by atoms with Crippen LogP contribution in [-0.4, -0.2) is 15.6 Å². The molecule has 0 saturated heterocycles. The molecule has 0 radical (unpaired) electrons. The van der Waals surface area contributed by atoms with Crippen LogP contribution >= 0.6 is 11.6 Å². The van der Waals surface area contributed by atoms with Gasteiger partial charge in [-0.15, -0.1) is 0 Å². The van der Waals surface area contributed by atoms with Crippen LogP contribution < -0.4 is 0 Å². The summed E-state index contributed by atoms with van der Waals surface area (Å²) in [7, 11) is 0. The number of halogens is 1. The number of benzene rings is 1. The van der Waals surface area contributed by atoms with Crippen LogP contribution in [0.15, 0.2) is 24.3 Å². The maximum absolute atomic E-state index is 12.1. The van der Waals surface area contributed by atoms with E-state index in [-0.39, 0.29) is 12.3 Å². The van der Waals surface area contributed by atoms with Gasteiger partial charge in [-0.1, -0.05) is 23.7 Å². The summed E-state index contributed by atoms with van der Waals surface area (Å²) in [6.45, 7) is 3.78. The van der Waals surface area contributed by atoms with Gasteiger partial charge in [0.15, 0.2) is 5.78 Å². The summed E-state index contributed by atoms with van der Waals surface area (Å²) < 4.78 is 1.60. The van der Waals surface area contributed by atoms with Crippen molar-refractivity contribution in [2.75, 3.05) is 0 Å². The second-order valence-electron chi connectivity index (χ2n) is 4.25. The number of aryl methyl sites for hydroxylation is 1. The van der Waals surface area contributed by atoms with E-state index in [0.717, 1.165) is 5.69 Å². The van der Waals surface area contributed by atoms with E-state index in [9.17, 15) is 4.79 Å². The lowest BCUT2D eigenvalue weighted by atomic mass is 10.1. The van der Waals surface area contributed by atoms with Gasteiger partial charge in [0.2, 0.25) is 0 Å². The zero-order valence-corrected chi connectivity index (χ0v) is 11.4. The van der Waals surface area contributed by atoms with E-state index >= 15 is 0 Å². The van der Waals surface area contributed by atoms with E-state index in [1.54, 1.807) is 35.9 Å². The van der Waals surface area contributed by atoms with Gasteiger partial charge in [-0.2, -0.15) is 10.4 Å². The molecule has 19 heavy (non-hydrogen) atoms. The standard InChI is InChI=1S/C14H12ClN3O/c1-9-14(15)10(2)18(17-9)8-13(19)12-5-3-11(7-16)4-6-12/h3-6H,8H2,1-2H3. The molecule has 2 aromatic rings. The number of carbonyl (C=O) groups is 1. The lowest BCUT2D eigenvalue weighted by molar-refractivity contribution is 0.0967. The second-order valence-corrected chi connectivity index (χ2v) is 4.63. The highest BCUT2D eigenvalue weighted by Gasteiger charge is 2.13. The minimum Gasteiger partial charge on any atom is -0.292 e. The van der Waals surface area contributed by atoms with Crippen LogP contribution in [-0.2, 0) is 6.54 Å². The number of carbonyl (C=O) groups excluding carboxylic acids is 1. The normalized spacial score (nSPS) is 10.2. The fourth-order valence-corrected chi connectivity index (χ4v) is 1.92. The molecule has 1 aromatic heterocycles. The molecule has 2 rings (SSSR count). The number of hydrogen-bond donors (Lipinski definition) is 0. The van der Waals surface area contributed by atoms with Gasteiger partial charge < -0.3 is 0 Å². The molecule has 0 bridgehead atoms. The molecule has 0 aliphatic heterocycles. The Balaban J connectivity index is 2.21. The Kier molecular flexibility index (Phi) is 3.68. The second kappa shape index (κ2) is 5.25. The van der Waals surface area contributed by atoms with Crippen molar-refractivity contribution in [1.29, 1.82) is 5.26 Å². The SMILES string of the molecule is Cc1nn(CC(=O)c2ccc(C#N)cc2)c(C)c1Cl. The molecule has 96 valence electrons. The number of hydrogen-bond acceptors (Lipinski definition) is 3. The van der Waals surface area contributed by atoms with Crippen molar-refractivity contribution in [3.63, 3.8) is 0 Å². The van der Waals surface area contributed by atoms with Crippen LogP contribution in [0.4, 0.5) is 0 Å². The van der Waals surface area contributed by atoms with Gasteiger partial charge in [-0.05, 0) is 26.0 Å². The molecule has 0 unspecified atom stereocenters. The maximum atomic E-state index is 12.1. The third kappa shape index (κ3) is 2.67. The van der Waals surface area contributed by atoms with E-state index in [1.807, 2.05) is 13.0 Å². The minimum atomic E-state index is -0.0632. The molecular weight excluding hydrogens is 262 g/mol. The quantitative estimate of drug-likeness (QED) is 0.808. The lowest BCUT2D eigenvalue weighted by Crippen LogP contribution is -2.13. The molecule has 0 N–H and O–H groups in total. The molecular formula is C14H12ClN3O. The largest absolute Gasteiger partial charge is 0.292 e. The van der Waals surface area contributed by atoms with Crippen LogP contribution in [0.25, 0.3) is 0 Å². The number of aromatic nitrogens is 2. The minimum absolute atomic E-state index is 0.0632. The first kappa shape index (κ1) is 13.3. The van der Waals surface area contributed by atoms with E-state index in [4.69, 9.17) is 16.9 Å². The van der Waals surface area contributed by atoms with Gasteiger partial charge in [0.25, 0.3) is 0 Å². The highest BCUT2D eigenvalue weighted by molar-refractivity contribution is 6.31. The number of ketones is 1. The fourth-order valence-electron chi connectivity index (χ4n) is 1.79. The van der Waals surface area contributed by atoms with Gasteiger partial charge in [0, 0.05) is 5.56 Å². The Morgan fingerprint density at radius 2 is 2.00 bits per heavy atom. The smallest absolute Gasteiger partial charge is 0.184 e. The van der Waals surface area contributed by atoms with Crippen molar-refractivity contribution < 1.29 is 4.79 Å². The van der Waals surface area contributed by atoms with Crippen LogP contribution in [0.3, 0.4) is 0 Å². The number of nitrogens with zero attached hydrogens (tertiary/aromatic N) is 3. The average Bonchev–Trinajstić information content (AvgIpc) is 2.66. The van der Waals surface area contributed by atoms with Crippen LogP contribution in [0.5, 0.6) is 0 Å². The van der Waals surface area contributed by atoms with Crippen molar-refractivity contribution in [1.82, 2.24) is 9.78 Å². The predicted octanol–water partition coefficient (Wildman–Crippen LogP) is 2.91. The van der Waals surface area contributed by atoms with Gasteiger partial charge >= 0.3 is 0 Å². The summed E-state index contributed by atoms with van der Waals surface area (Å²) in [6.07, 6.45) is 0. The summed E-state index contributed by atoms with van der Waals surface area (Å²) >= 11 is 6.04. The first-order valence-electron chi connectivity index (χ1n) is 5.76. The van der Waals surface area contributed by atoms with E-state index < -0.39 is 0 Å². The lowest BCUT2D eigenvalue weighted by Gasteiger charge is -2.04. The van der Waals surface area contributed by atoms with Crippen molar-refractivity contribution in [2.45, 2.75) is 20.4 Å². The van der Waals surface area contributed by atoms with Crippen LogP contribution in [0.1, 0.15) is 27.3 Å². The highest BCUT2D eigenvalue weighted by atomic mass is 35.5. The first-order chi connectivity index (χ1) is 9.02. The average molecular weight is 274 g/mol. The van der Waals surface area contributed by atoms with Crippen LogP contribution in [0.2, 0.25) is 5.02 Å². The van der Waals surface area contributed by atoms with Crippen molar-refractivity contribution >= 4 is 17.4 Å². The Morgan fingerprint density at radius 1 is 1.37 bits per heavy atom. The summed E-state index contributed by atoms with van der Waals surface area (Å²) in [6, 6.07) is 8.56. The third-order valence-corrected chi connectivity index (χ3v) is 3.47. The van der Waals surface area contributed by atoms with Crippen molar-refractivity contribution in [2.24, 2.45) is 0 Å². The van der Waals surface area contributed by atoms with E-state index in [0.29, 0.717) is 21.8 Å². The molecule has 0 amide bonds. The molecule has 5 heteroatoms. The molecule has 1 heterocycles. The summed E-state index contributed by atoms with van der Waals surface area (Å²) in [5.41, 5.74) is 2.58.